The molecule has 0 unspecified atom stereocenters. The molecule has 0 radical (unpaired) electrons. The fraction of sp³-hybridized carbons (Fsp3) is 0.800. The Hall–Kier alpha value is -0.990. The molecule has 0 bridgehead atoms. The van der Waals surface area contributed by atoms with E-state index in [-0.39, 0.29) is 13.2 Å². The number of carbonyl (C=O) groups is 1. The standard InChI is InChI=1S/C15H26O11/c1-7-8-21-15(10(2)16)14(26-20-6)13(25-19-5)12(24-18-4)11(23-15)9-22-17-3/h7,11-14H,1,8-9H2,2-6H3/t11-,12+,13+,14-,15+/m1/s1. The molecule has 1 heterocycles. The van der Waals surface area contributed by atoms with Crippen molar-refractivity contribution in [3.05, 3.63) is 12.7 Å². The molecule has 0 aliphatic carbocycles. The highest BCUT2D eigenvalue weighted by molar-refractivity contribution is 5.84. The molecule has 1 rings (SSSR count). The first-order chi connectivity index (χ1) is 12.5. The van der Waals surface area contributed by atoms with Gasteiger partial charge in [-0.2, -0.15) is 0 Å². The van der Waals surface area contributed by atoms with Crippen LogP contribution in [0.5, 0.6) is 0 Å². The molecular formula is C15H26O11. The molecule has 1 fully saturated rings. The van der Waals surface area contributed by atoms with Crippen LogP contribution in [0, 0.1) is 0 Å². The summed E-state index contributed by atoms with van der Waals surface area (Å²) in [5, 5.41) is 0. The van der Waals surface area contributed by atoms with E-state index in [4.69, 9.17) is 43.7 Å². The second-order valence-corrected chi connectivity index (χ2v) is 5.07. The second kappa shape index (κ2) is 11.7. The lowest BCUT2D eigenvalue weighted by molar-refractivity contribution is -0.484. The molecule has 11 nitrogen and oxygen atoms in total. The van der Waals surface area contributed by atoms with E-state index in [0.29, 0.717) is 0 Å². The Morgan fingerprint density at radius 1 is 1.04 bits per heavy atom. The van der Waals surface area contributed by atoms with Crippen LogP contribution < -0.4 is 0 Å². The highest BCUT2D eigenvalue weighted by Gasteiger charge is 2.62. The monoisotopic (exact) mass is 382 g/mol. The zero-order valence-corrected chi connectivity index (χ0v) is 15.5. The van der Waals surface area contributed by atoms with Crippen molar-refractivity contribution in [2.75, 3.05) is 41.7 Å². The maximum Gasteiger partial charge on any atom is 0.262 e. The van der Waals surface area contributed by atoms with Crippen molar-refractivity contribution < 1.29 is 53.4 Å². The van der Waals surface area contributed by atoms with Gasteiger partial charge in [0.1, 0.15) is 12.7 Å². The SMILES string of the molecule is C=CCO[C@@]1(C(C)=O)O[C@H](COOC)[C@H](OOC)[C@H](OOC)[C@H]1OOC. The first kappa shape index (κ1) is 23.0. The quantitative estimate of drug-likeness (QED) is 0.249. The molecule has 0 saturated carbocycles. The summed E-state index contributed by atoms with van der Waals surface area (Å²) in [6.45, 7) is 4.68. The molecule has 0 aromatic carbocycles. The lowest BCUT2D eigenvalue weighted by atomic mass is 9.90. The largest absolute Gasteiger partial charge is 0.337 e. The summed E-state index contributed by atoms with van der Waals surface area (Å²) in [5.41, 5.74) is 0. The van der Waals surface area contributed by atoms with Gasteiger partial charge < -0.3 is 9.47 Å². The van der Waals surface area contributed by atoms with Crippen molar-refractivity contribution in [2.24, 2.45) is 0 Å². The third-order valence-electron chi connectivity index (χ3n) is 3.56. The van der Waals surface area contributed by atoms with Crippen LogP contribution in [0.25, 0.3) is 0 Å². The van der Waals surface area contributed by atoms with Crippen molar-refractivity contribution in [3.8, 4) is 0 Å². The summed E-state index contributed by atoms with van der Waals surface area (Å²) in [4.78, 5) is 52.0. The van der Waals surface area contributed by atoms with Crippen molar-refractivity contribution in [3.63, 3.8) is 0 Å². The summed E-state index contributed by atoms with van der Waals surface area (Å²) in [7, 11) is 5.16. The second-order valence-electron chi connectivity index (χ2n) is 5.07. The van der Waals surface area contributed by atoms with E-state index >= 15 is 0 Å². The van der Waals surface area contributed by atoms with Crippen LogP contribution in [0.3, 0.4) is 0 Å². The molecule has 0 spiro atoms. The minimum atomic E-state index is -1.91. The van der Waals surface area contributed by atoms with E-state index in [1.807, 2.05) is 0 Å². The molecule has 5 atom stereocenters. The highest BCUT2D eigenvalue weighted by atomic mass is 17.2. The van der Waals surface area contributed by atoms with Crippen molar-refractivity contribution in [1.82, 2.24) is 0 Å². The molecule has 0 N–H and O–H groups in total. The predicted octanol–water partition coefficient (Wildman–Crippen LogP) is 0.291. The fourth-order valence-electron chi connectivity index (χ4n) is 2.57. The Kier molecular flexibility index (Phi) is 10.3. The first-order valence-corrected chi connectivity index (χ1v) is 7.70. The molecular weight excluding hydrogens is 356 g/mol. The number of rotatable bonds is 13. The summed E-state index contributed by atoms with van der Waals surface area (Å²) in [6.07, 6.45) is -2.71. The summed E-state index contributed by atoms with van der Waals surface area (Å²) in [6, 6.07) is 0. The van der Waals surface area contributed by atoms with Gasteiger partial charge in [-0.1, -0.05) is 6.08 Å². The molecule has 0 aromatic heterocycles. The number of ketones is 1. The molecule has 0 amide bonds. The van der Waals surface area contributed by atoms with Gasteiger partial charge in [0, 0.05) is 6.92 Å². The molecule has 1 saturated heterocycles. The van der Waals surface area contributed by atoms with E-state index in [9.17, 15) is 4.79 Å². The molecule has 0 aromatic rings. The van der Waals surface area contributed by atoms with Crippen LogP contribution in [0.4, 0.5) is 0 Å². The molecule has 1 aliphatic rings. The lowest BCUT2D eigenvalue weighted by Crippen LogP contribution is -2.70. The maximum atomic E-state index is 12.5. The van der Waals surface area contributed by atoms with Gasteiger partial charge in [0.05, 0.1) is 35.0 Å². The average Bonchev–Trinajstić information content (AvgIpc) is 2.62. The van der Waals surface area contributed by atoms with E-state index < -0.39 is 36.0 Å². The van der Waals surface area contributed by atoms with Gasteiger partial charge in [-0.25, -0.2) is 39.1 Å². The zero-order valence-electron chi connectivity index (χ0n) is 15.5. The Morgan fingerprint density at radius 2 is 1.65 bits per heavy atom. The van der Waals surface area contributed by atoms with Crippen LogP contribution in [0.2, 0.25) is 0 Å². The number of carbonyl (C=O) groups excluding carboxylic acids is 1. The van der Waals surface area contributed by atoms with Crippen molar-refractivity contribution in [1.29, 1.82) is 0 Å². The smallest absolute Gasteiger partial charge is 0.262 e. The van der Waals surface area contributed by atoms with Crippen LogP contribution in [0.1, 0.15) is 6.92 Å². The van der Waals surface area contributed by atoms with Crippen molar-refractivity contribution in [2.45, 2.75) is 37.1 Å². The van der Waals surface area contributed by atoms with Crippen LogP contribution in [-0.4, -0.2) is 77.6 Å². The summed E-state index contributed by atoms with van der Waals surface area (Å²) in [5.74, 6) is -2.42. The molecule has 1 aliphatic heterocycles. The summed E-state index contributed by atoms with van der Waals surface area (Å²) >= 11 is 0. The van der Waals surface area contributed by atoms with Gasteiger partial charge in [0.25, 0.3) is 5.79 Å². The third kappa shape index (κ3) is 5.27. The van der Waals surface area contributed by atoms with E-state index in [2.05, 4.69) is 11.5 Å². The molecule has 26 heavy (non-hydrogen) atoms. The maximum absolute atomic E-state index is 12.5. The van der Waals surface area contributed by atoms with Gasteiger partial charge in [-0.15, -0.1) is 6.58 Å². The lowest BCUT2D eigenvalue weighted by Gasteiger charge is -2.48. The van der Waals surface area contributed by atoms with Crippen LogP contribution >= 0.6 is 0 Å². The number of Topliss-reactive ketones (excluding diaryl/α,β-unsaturated/α-hetero) is 1. The Balaban J connectivity index is 3.35. The van der Waals surface area contributed by atoms with Gasteiger partial charge in [-0.05, 0) is 0 Å². The van der Waals surface area contributed by atoms with Crippen LogP contribution in [-0.2, 0) is 53.4 Å². The van der Waals surface area contributed by atoms with Gasteiger partial charge >= 0.3 is 0 Å². The van der Waals surface area contributed by atoms with E-state index in [1.54, 1.807) is 0 Å². The highest BCUT2D eigenvalue weighted by Crippen LogP contribution is 2.37. The Labute approximate surface area is 151 Å². The van der Waals surface area contributed by atoms with E-state index in [0.717, 1.165) is 0 Å². The number of ether oxygens (including phenoxy) is 2. The molecule has 11 heteroatoms. The Bertz CT molecular complexity index is 432. The van der Waals surface area contributed by atoms with Gasteiger partial charge in [0.15, 0.2) is 24.1 Å². The van der Waals surface area contributed by atoms with Crippen LogP contribution in [0.15, 0.2) is 12.7 Å². The summed E-state index contributed by atoms with van der Waals surface area (Å²) < 4.78 is 11.5. The third-order valence-corrected chi connectivity index (χ3v) is 3.56. The normalized spacial score (nSPS) is 31.7. The topological polar surface area (TPSA) is 109 Å². The first-order valence-electron chi connectivity index (χ1n) is 7.70. The average molecular weight is 382 g/mol. The Morgan fingerprint density at radius 3 is 2.15 bits per heavy atom. The molecule has 152 valence electrons. The predicted molar refractivity (Wildman–Crippen MR) is 83.0 cm³/mol. The zero-order chi connectivity index (χ0) is 19.6. The van der Waals surface area contributed by atoms with Crippen molar-refractivity contribution >= 4 is 5.78 Å². The van der Waals surface area contributed by atoms with Gasteiger partial charge in [-0.3, -0.25) is 4.79 Å². The number of hydrogen-bond acceptors (Lipinski definition) is 11. The van der Waals surface area contributed by atoms with Gasteiger partial charge in [0.2, 0.25) is 0 Å². The minimum Gasteiger partial charge on any atom is -0.337 e. The minimum absolute atomic E-state index is 0.0173. The number of hydrogen-bond donors (Lipinski definition) is 0. The fourth-order valence-corrected chi connectivity index (χ4v) is 2.57. The van der Waals surface area contributed by atoms with E-state index in [1.165, 1.54) is 41.4 Å².